The summed E-state index contributed by atoms with van der Waals surface area (Å²) in [7, 11) is 0. The number of thioether (sulfide) groups is 1. The van der Waals surface area contributed by atoms with Gasteiger partial charge in [0.05, 0.1) is 18.9 Å². The maximum absolute atomic E-state index is 12.6. The van der Waals surface area contributed by atoms with E-state index in [1.807, 2.05) is 13.8 Å². The van der Waals surface area contributed by atoms with Crippen molar-refractivity contribution in [3.8, 4) is 0 Å². The van der Waals surface area contributed by atoms with Crippen LogP contribution in [0.3, 0.4) is 0 Å². The Balaban J connectivity index is 2.13. The molecule has 0 N–H and O–H groups in total. The molecule has 0 saturated carbocycles. The van der Waals surface area contributed by atoms with Crippen molar-refractivity contribution in [2.75, 3.05) is 18.2 Å². The zero-order chi connectivity index (χ0) is 16.3. The predicted molar refractivity (Wildman–Crippen MR) is 88.9 cm³/mol. The van der Waals surface area contributed by atoms with Crippen LogP contribution in [0.1, 0.15) is 29.2 Å². The van der Waals surface area contributed by atoms with Crippen LogP contribution in [-0.2, 0) is 20.7 Å². The second kappa shape index (κ2) is 7.18. The first-order valence-corrected chi connectivity index (χ1v) is 8.70. The smallest absolute Gasteiger partial charge is 0.329 e. The standard InChI is InChI=1S/C17H23NO3S/c1-5-21-17(20)15-9-22-10-18(15)16(19)8-14-12(3)6-11(2)7-13(14)4/h6-7,15H,5,8-10H2,1-4H3. The molecule has 2 rings (SSSR count). The third-order valence-electron chi connectivity index (χ3n) is 3.93. The van der Waals surface area contributed by atoms with E-state index in [9.17, 15) is 9.59 Å². The van der Waals surface area contributed by atoms with Gasteiger partial charge in [-0.3, -0.25) is 4.79 Å². The van der Waals surface area contributed by atoms with Gasteiger partial charge in [0.15, 0.2) is 0 Å². The van der Waals surface area contributed by atoms with Gasteiger partial charge in [-0.2, -0.15) is 0 Å². The van der Waals surface area contributed by atoms with Gasteiger partial charge in [0, 0.05) is 5.75 Å². The third-order valence-corrected chi connectivity index (χ3v) is 4.94. The fourth-order valence-corrected chi connectivity index (χ4v) is 4.03. The van der Waals surface area contributed by atoms with E-state index in [-0.39, 0.29) is 11.9 Å². The molecule has 5 heteroatoms. The number of hydrogen-bond donors (Lipinski definition) is 0. The molecule has 1 aliphatic heterocycles. The van der Waals surface area contributed by atoms with Crippen molar-refractivity contribution >= 4 is 23.6 Å². The molecule has 0 aliphatic carbocycles. The Labute approximate surface area is 136 Å². The summed E-state index contributed by atoms with van der Waals surface area (Å²) in [5.74, 6) is 0.888. The Kier molecular flexibility index (Phi) is 5.51. The molecule has 120 valence electrons. The number of hydrogen-bond acceptors (Lipinski definition) is 4. The molecular formula is C17H23NO3S. The van der Waals surface area contributed by atoms with E-state index in [2.05, 4.69) is 19.1 Å². The van der Waals surface area contributed by atoms with E-state index in [1.54, 1.807) is 23.6 Å². The lowest BCUT2D eigenvalue weighted by Crippen LogP contribution is -2.43. The van der Waals surface area contributed by atoms with Crippen molar-refractivity contribution in [1.82, 2.24) is 4.90 Å². The molecule has 1 aromatic carbocycles. The van der Waals surface area contributed by atoms with Crippen LogP contribution in [0.25, 0.3) is 0 Å². The maximum atomic E-state index is 12.6. The molecular weight excluding hydrogens is 298 g/mol. The molecule has 1 aliphatic rings. The van der Waals surface area contributed by atoms with Crippen molar-refractivity contribution in [3.63, 3.8) is 0 Å². The first-order valence-electron chi connectivity index (χ1n) is 7.54. The fourth-order valence-electron chi connectivity index (χ4n) is 2.86. The highest BCUT2D eigenvalue weighted by Gasteiger charge is 2.35. The zero-order valence-corrected chi connectivity index (χ0v) is 14.5. The number of benzene rings is 1. The van der Waals surface area contributed by atoms with Gasteiger partial charge in [-0.1, -0.05) is 17.7 Å². The van der Waals surface area contributed by atoms with Crippen LogP contribution in [0.4, 0.5) is 0 Å². The molecule has 0 spiro atoms. The lowest BCUT2D eigenvalue weighted by molar-refractivity contribution is -0.152. The van der Waals surface area contributed by atoms with E-state index in [1.165, 1.54) is 5.56 Å². The lowest BCUT2D eigenvalue weighted by Gasteiger charge is -2.23. The summed E-state index contributed by atoms with van der Waals surface area (Å²) >= 11 is 1.60. The van der Waals surface area contributed by atoms with Crippen molar-refractivity contribution < 1.29 is 14.3 Å². The number of carbonyl (C=O) groups is 2. The Hall–Kier alpha value is -1.49. The molecule has 0 aromatic heterocycles. The quantitative estimate of drug-likeness (QED) is 0.800. The second-order valence-corrected chi connectivity index (χ2v) is 6.69. The summed E-state index contributed by atoms with van der Waals surface area (Å²) < 4.78 is 5.07. The Morgan fingerprint density at radius 3 is 2.50 bits per heavy atom. The molecule has 1 aromatic rings. The number of aryl methyl sites for hydroxylation is 3. The maximum Gasteiger partial charge on any atom is 0.329 e. The van der Waals surface area contributed by atoms with Crippen LogP contribution in [0.5, 0.6) is 0 Å². The van der Waals surface area contributed by atoms with Gasteiger partial charge in [-0.05, 0) is 44.4 Å². The summed E-state index contributed by atoms with van der Waals surface area (Å²) in [6.07, 6.45) is 0.342. The highest BCUT2D eigenvalue weighted by atomic mass is 32.2. The van der Waals surface area contributed by atoms with Crippen LogP contribution in [0.15, 0.2) is 12.1 Å². The van der Waals surface area contributed by atoms with E-state index in [4.69, 9.17) is 4.74 Å². The Morgan fingerprint density at radius 2 is 1.91 bits per heavy atom. The molecule has 1 fully saturated rings. The summed E-state index contributed by atoms with van der Waals surface area (Å²) in [5, 5.41) is 0. The van der Waals surface area contributed by atoms with Crippen LogP contribution >= 0.6 is 11.8 Å². The van der Waals surface area contributed by atoms with Gasteiger partial charge in [0.25, 0.3) is 0 Å². The minimum atomic E-state index is -0.441. The Bertz CT molecular complexity index is 562. The molecule has 22 heavy (non-hydrogen) atoms. The first kappa shape index (κ1) is 16.9. The van der Waals surface area contributed by atoms with Gasteiger partial charge in [0.2, 0.25) is 5.91 Å². The fraction of sp³-hybridized carbons (Fsp3) is 0.529. The van der Waals surface area contributed by atoms with Crippen LogP contribution in [-0.4, -0.2) is 41.1 Å². The zero-order valence-electron chi connectivity index (χ0n) is 13.6. The number of esters is 1. The number of nitrogens with zero attached hydrogens (tertiary/aromatic N) is 1. The number of ether oxygens (including phenoxy) is 1. The summed E-state index contributed by atoms with van der Waals surface area (Å²) in [4.78, 5) is 26.2. The van der Waals surface area contributed by atoms with E-state index >= 15 is 0 Å². The SMILES string of the molecule is CCOC(=O)C1CSCN1C(=O)Cc1c(C)cc(C)cc1C. The lowest BCUT2D eigenvalue weighted by atomic mass is 9.97. The van der Waals surface area contributed by atoms with Crippen molar-refractivity contribution in [2.24, 2.45) is 0 Å². The minimum Gasteiger partial charge on any atom is -0.464 e. The molecule has 1 saturated heterocycles. The number of carbonyl (C=O) groups excluding carboxylic acids is 2. The molecule has 1 unspecified atom stereocenters. The molecule has 1 heterocycles. The minimum absolute atomic E-state index is 0.00175. The molecule has 4 nitrogen and oxygen atoms in total. The van der Waals surface area contributed by atoms with Gasteiger partial charge in [-0.25, -0.2) is 4.79 Å². The third kappa shape index (κ3) is 3.64. The monoisotopic (exact) mass is 321 g/mol. The van der Waals surface area contributed by atoms with E-state index in [0.717, 1.165) is 16.7 Å². The van der Waals surface area contributed by atoms with E-state index in [0.29, 0.717) is 24.7 Å². The number of rotatable bonds is 4. The normalized spacial score (nSPS) is 17.6. The summed E-state index contributed by atoms with van der Waals surface area (Å²) in [6, 6.07) is 3.75. The Morgan fingerprint density at radius 1 is 1.27 bits per heavy atom. The highest BCUT2D eigenvalue weighted by Crippen LogP contribution is 2.24. The van der Waals surface area contributed by atoms with Gasteiger partial charge in [-0.15, -0.1) is 11.8 Å². The first-order chi connectivity index (χ1) is 10.4. The molecule has 1 amide bonds. The van der Waals surface area contributed by atoms with Gasteiger partial charge < -0.3 is 9.64 Å². The number of amides is 1. The molecule has 0 radical (unpaired) electrons. The van der Waals surface area contributed by atoms with Crippen molar-refractivity contribution in [1.29, 1.82) is 0 Å². The average molecular weight is 321 g/mol. The van der Waals surface area contributed by atoms with Crippen molar-refractivity contribution in [2.45, 2.75) is 40.2 Å². The van der Waals surface area contributed by atoms with Crippen LogP contribution in [0, 0.1) is 20.8 Å². The van der Waals surface area contributed by atoms with Crippen LogP contribution < -0.4 is 0 Å². The van der Waals surface area contributed by atoms with E-state index < -0.39 is 6.04 Å². The summed E-state index contributed by atoms with van der Waals surface area (Å²) in [6.45, 7) is 8.25. The highest BCUT2D eigenvalue weighted by molar-refractivity contribution is 7.99. The molecule has 0 bridgehead atoms. The topological polar surface area (TPSA) is 46.6 Å². The predicted octanol–water partition coefficient (Wildman–Crippen LogP) is 2.62. The summed E-state index contributed by atoms with van der Waals surface area (Å²) in [5.41, 5.74) is 4.53. The second-order valence-electron chi connectivity index (χ2n) is 5.69. The largest absolute Gasteiger partial charge is 0.464 e. The van der Waals surface area contributed by atoms with Crippen LogP contribution in [0.2, 0.25) is 0 Å². The van der Waals surface area contributed by atoms with Gasteiger partial charge in [0.1, 0.15) is 6.04 Å². The average Bonchev–Trinajstić information content (AvgIpc) is 2.92. The molecule has 1 atom stereocenters. The van der Waals surface area contributed by atoms with Gasteiger partial charge >= 0.3 is 5.97 Å². The van der Waals surface area contributed by atoms with Crippen molar-refractivity contribution in [3.05, 3.63) is 34.4 Å².